The van der Waals surface area contributed by atoms with Crippen molar-refractivity contribution in [2.24, 2.45) is 0 Å². The summed E-state index contributed by atoms with van der Waals surface area (Å²) in [5, 5.41) is 6.74. The average molecular weight is 542 g/mol. The number of ether oxygens (including phenoxy) is 3. The molecule has 2 aliphatic rings. The lowest BCUT2D eigenvalue weighted by molar-refractivity contribution is -0.111. The quantitative estimate of drug-likeness (QED) is 0.401. The van der Waals surface area contributed by atoms with E-state index in [2.05, 4.69) is 25.5 Å². The Morgan fingerprint density at radius 1 is 1.18 bits per heavy atom. The van der Waals surface area contributed by atoms with Crippen molar-refractivity contribution in [2.75, 3.05) is 56.7 Å². The van der Waals surface area contributed by atoms with E-state index in [0.717, 1.165) is 32.5 Å². The van der Waals surface area contributed by atoms with Gasteiger partial charge in [0.05, 0.1) is 36.0 Å². The van der Waals surface area contributed by atoms with Crippen molar-refractivity contribution in [3.05, 3.63) is 59.7 Å². The van der Waals surface area contributed by atoms with Gasteiger partial charge in [0.1, 0.15) is 29.8 Å². The molecule has 0 bridgehead atoms. The van der Waals surface area contributed by atoms with Gasteiger partial charge < -0.3 is 24.8 Å². The second-order valence-corrected chi connectivity index (χ2v) is 9.51. The number of aromatic nitrogens is 2. The molecule has 200 valence electrons. The van der Waals surface area contributed by atoms with Crippen molar-refractivity contribution in [1.82, 2.24) is 14.9 Å². The number of anilines is 3. The highest BCUT2D eigenvalue weighted by Crippen LogP contribution is 2.35. The summed E-state index contributed by atoms with van der Waals surface area (Å²) in [5.74, 6) is 0.182. The van der Waals surface area contributed by atoms with Crippen molar-refractivity contribution in [1.29, 1.82) is 0 Å². The van der Waals surface area contributed by atoms with Gasteiger partial charge in [0, 0.05) is 55.9 Å². The molecule has 0 saturated carbocycles. The second-order valence-electron chi connectivity index (χ2n) is 9.10. The summed E-state index contributed by atoms with van der Waals surface area (Å²) in [4.78, 5) is 23.9. The Kier molecular flexibility index (Phi) is 8.65. The monoisotopic (exact) mass is 541 g/mol. The van der Waals surface area contributed by atoms with Gasteiger partial charge >= 0.3 is 0 Å². The highest BCUT2D eigenvalue weighted by Gasteiger charge is 2.21. The van der Waals surface area contributed by atoms with Crippen molar-refractivity contribution in [3.8, 4) is 5.75 Å². The van der Waals surface area contributed by atoms with Crippen LogP contribution in [0.5, 0.6) is 5.75 Å². The van der Waals surface area contributed by atoms with Crippen LogP contribution in [0.2, 0.25) is 5.02 Å². The minimum atomic E-state index is -0.510. The molecule has 2 fully saturated rings. The molecule has 5 rings (SSSR count). The molecule has 1 amide bonds. The lowest BCUT2D eigenvalue weighted by Gasteiger charge is -2.18. The van der Waals surface area contributed by atoms with Gasteiger partial charge in [-0.25, -0.2) is 14.4 Å². The van der Waals surface area contributed by atoms with E-state index in [1.165, 1.54) is 24.5 Å². The van der Waals surface area contributed by atoms with E-state index in [4.69, 9.17) is 25.8 Å². The molecule has 0 spiro atoms. The molecule has 1 unspecified atom stereocenters. The largest absolute Gasteiger partial charge is 0.486 e. The van der Waals surface area contributed by atoms with Crippen molar-refractivity contribution in [2.45, 2.75) is 18.9 Å². The fourth-order valence-electron chi connectivity index (χ4n) is 4.34. The smallest absolute Gasteiger partial charge is 0.248 e. The fraction of sp³-hybridized carbons (Fsp3) is 0.370. The third kappa shape index (κ3) is 6.76. The van der Waals surface area contributed by atoms with Gasteiger partial charge in [-0.2, -0.15) is 0 Å². The van der Waals surface area contributed by atoms with Gasteiger partial charge in [0.15, 0.2) is 0 Å². The van der Waals surface area contributed by atoms with Crippen LogP contribution >= 0.6 is 11.6 Å². The normalized spacial score (nSPS) is 18.5. The number of halogens is 2. The van der Waals surface area contributed by atoms with Crippen LogP contribution in [-0.4, -0.2) is 72.9 Å². The molecule has 0 radical (unpaired) electrons. The first kappa shape index (κ1) is 26.3. The lowest BCUT2D eigenvalue weighted by Crippen LogP contribution is -2.26. The maximum absolute atomic E-state index is 13.6. The van der Waals surface area contributed by atoms with Gasteiger partial charge in [-0.05, 0) is 30.7 Å². The maximum Gasteiger partial charge on any atom is 0.248 e. The second kappa shape index (κ2) is 12.5. The first-order chi connectivity index (χ1) is 18.5. The summed E-state index contributed by atoms with van der Waals surface area (Å²) in [7, 11) is 0. The van der Waals surface area contributed by atoms with Crippen LogP contribution in [0.25, 0.3) is 10.9 Å². The molecule has 9 nitrogen and oxygen atoms in total. The number of carbonyl (C=O) groups excluding carboxylic acids is 1. The van der Waals surface area contributed by atoms with Crippen LogP contribution in [0.15, 0.2) is 48.8 Å². The van der Waals surface area contributed by atoms with Gasteiger partial charge in [-0.15, -0.1) is 0 Å². The van der Waals surface area contributed by atoms with Crippen LogP contribution in [0, 0.1) is 5.82 Å². The van der Waals surface area contributed by atoms with E-state index < -0.39 is 5.82 Å². The van der Waals surface area contributed by atoms with E-state index in [-0.39, 0.29) is 17.0 Å². The Bertz CT molecular complexity index is 1310. The Morgan fingerprint density at radius 2 is 2.11 bits per heavy atom. The molecule has 11 heteroatoms. The predicted octanol–water partition coefficient (Wildman–Crippen LogP) is 4.55. The van der Waals surface area contributed by atoms with Crippen LogP contribution in [-0.2, 0) is 14.3 Å². The van der Waals surface area contributed by atoms with Crippen molar-refractivity contribution >= 4 is 45.6 Å². The van der Waals surface area contributed by atoms with E-state index in [0.29, 0.717) is 60.2 Å². The third-order valence-electron chi connectivity index (χ3n) is 6.31. The van der Waals surface area contributed by atoms with Crippen molar-refractivity contribution < 1.29 is 23.4 Å². The van der Waals surface area contributed by atoms with E-state index in [1.807, 2.05) is 6.08 Å². The molecular formula is C27H29ClFN5O4. The standard InChI is InChI=1S/C27H29ClFN5O4/c28-21-13-18(4-5-22(21)29)32-27-20-14-24(33-26(35)3-1-7-34-8-2-10-36-12-9-34)25(15-23(20)30-17-31-27)38-19-6-11-37-16-19/h1,3-5,13-15,17,19H,2,6-12,16H2,(H,33,35)(H,30,31,32). The molecule has 0 aliphatic carbocycles. The number of carbonyl (C=O) groups is 1. The molecule has 3 aromatic rings. The Morgan fingerprint density at radius 3 is 2.95 bits per heavy atom. The molecular weight excluding hydrogens is 513 g/mol. The zero-order valence-corrected chi connectivity index (χ0v) is 21.5. The Balaban J connectivity index is 1.39. The Hall–Kier alpha value is -3.31. The molecule has 3 heterocycles. The highest BCUT2D eigenvalue weighted by molar-refractivity contribution is 6.31. The molecule has 1 atom stereocenters. The number of fused-ring (bicyclic) bond motifs is 1. The average Bonchev–Trinajstić information content (AvgIpc) is 3.28. The fourth-order valence-corrected chi connectivity index (χ4v) is 4.52. The topological polar surface area (TPSA) is 97.8 Å². The lowest BCUT2D eigenvalue weighted by atomic mass is 10.1. The number of nitrogens with zero attached hydrogens (tertiary/aromatic N) is 3. The van der Waals surface area contributed by atoms with E-state index in [9.17, 15) is 9.18 Å². The molecule has 2 saturated heterocycles. The van der Waals surface area contributed by atoms with Gasteiger partial charge in [-0.3, -0.25) is 9.69 Å². The number of nitrogens with one attached hydrogen (secondary N) is 2. The SMILES string of the molecule is O=C(C=CCN1CCCOCC1)Nc1cc2c(Nc3ccc(F)c(Cl)c3)ncnc2cc1OC1CCOC1. The zero-order valence-electron chi connectivity index (χ0n) is 20.8. The third-order valence-corrected chi connectivity index (χ3v) is 6.60. The summed E-state index contributed by atoms with van der Waals surface area (Å²) in [6.07, 6.45) is 6.41. The summed E-state index contributed by atoms with van der Waals surface area (Å²) >= 11 is 5.94. The van der Waals surface area contributed by atoms with Gasteiger partial charge in [0.2, 0.25) is 5.91 Å². The number of hydrogen-bond acceptors (Lipinski definition) is 8. The minimum absolute atomic E-state index is 0.00438. The van der Waals surface area contributed by atoms with E-state index >= 15 is 0 Å². The zero-order chi connectivity index (χ0) is 26.3. The number of benzene rings is 2. The summed E-state index contributed by atoms with van der Waals surface area (Å²) in [6, 6.07) is 7.86. The minimum Gasteiger partial charge on any atom is -0.486 e. The summed E-state index contributed by atoms with van der Waals surface area (Å²) in [5.41, 5.74) is 1.66. The summed E-state index contributed by atoms with van der Waals surface area (Å²) in [6.45, 7) is 5.02. The maximum atomic E-state index is 13.6. The molecule has 2 aromatic carbocycles. The van der Waals surface area contributed by atoms with Gasteiger partial charge in [-0.1, -0.05) is 17.7 Å². The molecule has 1 aromatic heterocycles. The molecule has 2 N–H and O–H groups in total. The van der Waals surface area contributed by atoms with Crippen molar-refractivity contribution in [3.63, 3.8) is 0 Å². The summed E-state index contributed by atoms with van der Waals surface area (Å²) < 4.78 is 30.8. The van der Waals surface area contributed by atoms with Gasteiger partial charge in [0.25, 0.3) is 0 Å². The van der Waals surface area contributed by atoms with Crippen LogP contribution in [0.4, 0.5) is 21.6 Å². The predicted molar refractivity (Wildman–Crippen MR) is 144 cm³/mol. The first-order valence-corrected chi connectivity index (χ1v) is 13.0. The molecule has 38 heavy (non-hydrogen) atoms. The number of rotatable bonds is 8. The van der Waals surface area contributed by atoms with E-state index in [1.54, 1.807) is 18.2 Å². The first-order valence-electron chi connectivity index (χ1n) is 12.6. The Labute approximate surface area is 224 Å². The highest BCUT2D eigenvalue weighted by atomic mass is 35.5. The molecule has 2 aliphatic heterocycles. The van der Waals surface area contributed by atoms with Crippen LogP contribution in [0.1, 0.15) is 12.8 Å². The number of hydrogen-bond donors (Lipinski definition) is 2. The van der Waals surface area contributed by atoms with Crippen LogP contribution < -0.4 is 15.4 Å². The number of amides is 1. The van der Waals surface area contributed by atoms with Crippen LogP contribution in [0.3, 0.4) is 0 Å².